The highest BCUT2D eigenvalue weighted by Gasteiger charge is 2.45. The molecule has 4 heteroatoms. The maximum atomic E-state index is 6.12. The molecule has 2 aliphatic rings. The molecule has 2 aromatic rings. The van der Waals surface area contributed by atoms with Crippen molar-refractivity contribution >= 4 is 0 Å². The highest BCUT2D eigenvalue weighted by atomic mass is 16.5. The van der Waals surface area contributed by atoms with Gasteiger partial charge in [-0.3, -0.25) is 9.88 Å². The summed E-state index contributed by atoms with van der Waals surface area (Å²) in [5, 5.41) is 0. The first-order valence-electron chi connectivity index (χ1n) is 9.18. The van der Waals surface area contributed by atoms with Crippen molar-refractivity contribution in [3.8, 4) is 11.5 Å². The van der Waals surface area contributed by atoms with E-state index < -0.39 is 0 Å². The maximum Gasteiger partial charge on any atom is 0.119 e. The number of piperidine rings is 1. The summed E-state index contributed by atoms with van der Waals surface area (Å²) in [4.78, 5) is 7.32. The molecular weight excluding hydrogens is 312 g/mol. The summed E-state index contributed by atoms with van der Waals surface area (Å²) in [6.45, 7) is 3.74. The van der Waals surface area contributed by atoms with Gasteiger partial charge >= 0.3 is 0 Å². The van der Waals surface area contributed by atoms with Gasteiger partial charge in [-0.05, 0) is 68.5 Å². The molecule has 2 heterocycles. The molecule has 0 unspecified atom stereocenters. The average Bonchev–Trinajstić information content (AvgIpc) is 3.22. The monoisotopic (exact) mass is 338 g/mol. The van der Waals surface area contributed by atoms with Gasteiger partial charge in [0.05, 0.1) is 12.8 Å². The fourth-order valence-corrected chi connectivity index (χ4v) is 4.39. The van der Waals surface area contributed by atoms with E-state index in [0.29, 0.717) is 12.1 Å². The molecule has 1 aliphatic heterocycles. The minimum Gasteiger partial charge on any atom is -0.497 e. The standard InChI is InChI=1S/C21H26N2O2/c1-15-4-3-5-17(22-15)13-23-18-7-6-16(12-18)21(23)14-25-20-10-8-19(24-2)9-11-20/h3-5,8-11,16,18,21H,6-7,12-14H2,1-2H3/t16-,18-,21-/m1/s1. The van der Waals surface area contributed by atoms with Crippen LogP contribution in [-0.2, 0) is 6.54 Å². The Morgan fingerprint density at radius 1 is 1.08 bits per heavy atom. The lowest BCUT2D eigenvalue weighted by atomic mass is 9.99. The summed E-state index contributed by atoms with van der Waals surface area (Å²) in [7, 11) is 1.68. The van der Waals surface area contributed by atoms with E-state index in [0.717, 1.165) is 36.3 Å². The molecule has 0 radical (unpaired) electrons. The summed E-state index contributed by atoms with van der Waals surface area (Å²) >= 11 is 0. The van der Waals surface area contributed by atoms with Crippen molar-refractivity contribution in [1.82, 2.24) is 9.88 Å². The first-order chi connectivity index (χ1) is 12.2. The normalized spacial score (nSPS) is 25.3. The van der Waals surface area contributed by atoms with Gasteiger partial charge in [-0.1, -0.05) is 6.07 Å². The van der Waals surface area contributed by atoms with Crippen LogP contribution in [0.5, 0.6) is 11.5 Å². The fourth-order valence-electron chi connectivity index (χ4n) is 4.39. The molecule has 1 aromatic carbocycles. The molecule has 1 aromatic heterocycles. The van der Waals surface area contributed by atoms with Crippen molar-refractivity contribution < 1.29 is 9.47 Å². The molecule has 2 fully saturated rings. The van der Waals surface area contributed by atoms with Crippen molar-refractivity contribution in [2.45, 2.75) is 44.8 Å². The van der Waals surface area contributed by atoms with E-state index in [9.17, 15) is 0 Å². The highest BCUT2D eigenvalue weighted by molar-refractivity contribution is 5.31. The lowest BCUT2D eigenvalue weighted by Crippen LogP contribution is -2.43. The van der Waals surface area contributed by atoms with Crippen molar-refractivity contribution in [1.29, 1.82) is 0 Å². The van der Waals surface area contributed by atoms with Gasteiger partial charge in [-0.15, -0.1) is 0 Å². The highest BCUT2D eigenvalue weighted by Crippen LogP contribution is 2.43. The summed E-state index contributed by atoms with van der Waals surface area (Å²) in [5.41, 5.74) is 2.26. The predicted molar refractivity (Wildman–Crippen MR) is 97.9 cm³/mol. The van der Waals surface area contributed by atoms with E-state index in [1.807, 2.05) is 24.3 Å². The van der Waals surface area contributed by atoms with Crippen LogP contribution in [0.15, 0.2) is 42.5 Å². The number of benzene rings is 1. The van der Waals surface area contributed by atoms with Gasteiger partial charge < -0.3 is 9.47 Å². The van der Waals surface area contributed by atoms with E-state index in [1.165, 1.54) is 25.0 Å². The second-order valence-electron chi connectivity index (χ2n) is 7.22. The Bertz CT molecular complexity index is 716. The topological polar surface area (TPSA) is 34.6 Å². The first-order valence-corrected chi connectivity index (χ1v) is 9.18. The van der Waals surface area contributed by atoms with Crippen LogP contribution in [0.1, 0.15) is 30.7 Å². The van der Waals surface area contributed by atoms with Crippen LogP contribution in [0, 0.1) is 12.8 Å². The smallest absolute Gasteiger partial charge is 0.119 e. The van der Waals surface area contributed by atoms with Crippen LogP contribution >= 0.6 is 0 Å². The van der Waals surface area contributed by atoms with Gasteiger partial charge in [0.15, 0.2) is 0 Å². The number of fused-ring (bicyclic) bond motifs is 2. The number of ether oxygens (including phenoxy) is 2. The van der Waals surface area contributed by atoms with Gasteiger partial charge in [0, 0.05) is 24.3 Å². The van der Waals surface area contributed by atoms with Crippen molar-refractivity contribution in [2.24, 2.45) is 5.92 Å². The summed E-state index contributed by atoms with van der Waals surface area (Å²) < 4.78 is 11.3. The summed E-state index contributed by atoms with van der Waals surface area (Å²) in [6, 6.07) is 15.4. The molecular formula is C21H26N2O2. The first kappa shape index (κ1) is 16.4. The van der Waals surface area contributed by atoms with E-state index in [4.69, 9.17) is 14.5 Å². The molecule has 4 rings (SSSR count). The van der Waals surface area contributed by atoms with Gasteiger partial charge in [-0.25, -0.2) is 0 Å². The van der Waals surface area contributed by atoms with E-state index >= 15 is 0 Å². The molecule has 2 bridgehead atoms. The number of pyridine rings is 1. The molecule has 1 aliphatic carbocycles. The molecule has 1 saturated heterocycles. The minimum absolute atomic E-state index is 0.489. The third kappa shape index (κ3) is 3.49. The van der Waals surface area contributed by atoms with E-state index in [2.05, 4.69) is 30.0 Å². The Balaban J connectivity index is 1.43. The third-order valence-corrected chi connectivity index (χ3v) is 5.66. The van der Waals surface area contributed by atoms with Crippen LogP contribution in [0.25, 0.3) is 0 Å². The molecule has 1 saturated carbocycles. The zero-order valence-electron chi connectivity index (χ0n) is 15.0. The molecule has 4 nitrogen and oxygen atoms in total. The second kappa shape index (κ2) is 7.04. The van der Waals surface area contributed by atoms with E-state index in [1.54, 1.807) is 7.11 Å². The zero-order valence-corrected chi connectivity index (χ0v) is 15.0. The number of hydrogen-bond donors (Lipinski definition) is 0. The second-order valence-corrected chi connectivity index (χ2v) is 7.22. The molecule has 25 heavy (non-hydrogen) atoms. The lowest BCUT2D eigenvalue weighted by Gasteiger charge is -2.35. The van der Waals surface area contributed by atoms with Crippen LogP contribution in [-0.4, -0.2) is 35.7 Å². The SMILES string of the molecule is COc1ccc(OC[C@@H]2[C@@H]3CC[C@H](C3)N2Cc2cccc(C)n2)cc1. The van der Waals surface area contributed by atoms with Crippen molar-refractivity contribution in [3.63, 3.8) is 0 Å². The number of aryl methyl sites for hydroxylation is 1. The largest absolute Gasteiger partial charge is 0.497 e. The van der Waals surface area contributed by atoms with Crippen molar-refractivity contribution in [3.05, 3.63) is 53.9 Å². The van der Waals surface area contributed by atoms with Gasteiger partial charge in [0.2, 0.25) is 0 Å². The van der Waals surface area contributed by atoms with Crippen LogP contribution in [0.2, 0.25) is 0 Å². The maximum absolute atomic E-state index is 6.12. The Kier molecular flexibility index (Phi) is 4.62. The molecule has 0 N–H and O–H groups in total. The predicted octanol–water partition coefficient (Wildman–Crippen LogP) is 3.83. The third-order valence-electron chi connectivity index (χ3n) is 5.66. The zero-order chi connectivity index (χ0) is 17.2. The molecule has 0 spiro atoms. The number of hydrogen-bond acceptors (Lipinski definition) is 4. The summed E-state index contributed by atoms with van der Waals surface area (Å²) in [6.07, 6.45) is 3.96. The Morgan fingerprint density at radius 3 is 2.64 bits per heavy atom. The number of rotatable bonds is 6. The Morgan fingerprint density at radius 2 is 1.88 bits per heavy atom. The number of methoxy groups -OCH3 is 1. The molecule has 3 atom stereocenters. The Labute approximate surface area is 149 Å². The quantitative estimate of drug-likeness (QED) is 0.802. The number of nitrogens with zero attached hydrogens (tertiary/aromatic N) is 2. The van der Waals surface area contributed by atoms with Gasteiger partial charge in [-0.2, -0.15) is 0 Å². The fraction of sp³-hybridized carbons (Fsp3) is 0.476. The summed E-state index contributed by atoms with van der Waals surface area (Å²) in [5.74, 6) is 2.53. The molecule has 132 valence electrons. The van der Waals surface area contributed by atoms with Crippen LogP contribution in [0.4, 0.5) is 0 Å². The van der Waals surface area contributed by atoms with E-state index in [-0.39, 0.29) is 0 Å². The van der Waals surface area contributed by atoms with Gasteiger partial charge in [0.1, 0.15) is 18.1 Å². The minimum atomic E-state index is 0.489. The van der Waals surface area contributed by atoms with Crippen LogP contribution < -0.4 is 9.47 Å². The number of aromatic nitrogens is 1. The molecule has 0 amide bonds. The van der Waals surface area contributed by atoms with Crippen molar-refractivity contribution in [2.75, 3.05) is 13.7 Å². The van der Waals surface area contributed by atoms with Crippen LogP contribution in [0.3, 0.4) is 0 Å². The number of likely N-dealkylation sites (tertiary alicyclic amines) is 1. The average molecular weight is 338 g/mol. The Hall–Kier alpha value is -2.07. The van der Waals surface area contributed by atoms with Gasteiger partial charge in [0.25, 0.3) is 0 Å². The lowest BCUT2D eigenvalue weighted by molar-refractivity contribution is 0.0856.